The van der Waals surface area contributed by atoms with Gasteiger partial charge in [-0.15, -0.1) is 0 Å². The Morgan fingerprint density at radius 1 is 1.16 bits per heavy atom. The maximum absolute atomic E-state index is 11.7. The number of hydrogen-bond acceptors (Lipinski definition) is 4. The van der Waals surface area contributed by atoms with E-state index in [1.807, 2.05) is 13.0 Å². The van der Waals surface area contributed by atoms with Crippen LogP contribution in [0.1, 0.15) is 75.6 Å². The van der Waals surface area contributed by atoms with Gasteiger partial charge in [-0.1, -0.05) is 80.8 Å². The van der Waals surface area contributed by atoms with Gasteiger partial charge in [0.15, 0.2) is 5.76 Å². The summed E-state index contributed by atoms with van der Waals surface area (Å²) >= 11 is 6.56. The second-order valence-corrected chi connectivity index (χ2v) is 11.5. The molecule has 2 aliphatic heterocycles. The zero-order chi connectivity index (χ0) is 26.6. The van der Waals surface area contributed by atoms with E-state index in [-0.39, 0.29) is 5.92 Å². The van der Waals surface area contributed by atoms with Crippen molar-refractivity contribution >= 4 is 29.0 Å². The summed E-state index contributed by atoms with van der Waals surface area (Å²) in [7, 11) is 0. The second-order valence-electron chi connectivity index (χ2n) is 11.1. The van der Waals surface area contributed by atoms with E-state index in [4.69, 9.17) is 16.4 Å². The van der Waals surface area contributed by atoms with Crippen molar-refractivity contribution in [2.24, 2.45) is 22.4 Å². The third-order valence-corrected chi connectivity index (χ3v) is 8.28. The predicted molar refractivity (Wildman–Crippen MR) is 151 cm³/mol. The van der Waals surface area contributed by atoms with E-state index in [2.05, 4.69) is 73.3 Å². The Morgan fingerprint density at radius 2 is 1.84 bits per heavy atom. The van der Waals surface area contributed by atoms with Crippen LogP contribution in [0, 0.1) is 17.3 Å². The van der Waals surface area contributed by atoms with Crippen molar-refractivity contribution in [3.05, 3.63) is 75.8 Å². The SMILES string of the molecule is CCC1(C(=O)O)CCN(Cc2ccc(C3=NOC(c4ccc(CC(C)C)c(Cl)c4)=CCC3C)cc2)CC1. The number of carbonyl (C=O) groups is 1. The summed E-state index contributed by atoms with van der Waals surface area (Å²) < 4.78 is 0. The molecule has 0 aromatic heterocycles. The van der Waals surface area contributed by atoms with E-state index in [0.29, 0.717) is 25.2 Å². The van der Waals surface area contributed by atoms with Crippen molar-refractivity contribution in [1.29, 1.82) is 0 Å². The molecular formula is C31H39ClN2O3. The number of oxime groups is 1. The van der Waals surface area contributed by atoms with Crippen LogP contribution >= 0.6 is 11.6 Å². The number of carboxylic acid groups (broad SMARTS) is 1. The van der Waals surface area contributed by atoms with Gasteiger partial charge in [-0.2, -0.15) is 0 Å². The van der Waals surface area contributed by atoms with Gasteiger partial charge in [0.1, 0.15) is 0 Å². The Hall–Kier alpha value is -2.63. The van der Waals surface area contributed by atoms with E-state index in [0.717, 1.165) is 65.7 Å². The third-order valence-electron chi connectivity index (χ3n) is 7.93. The molecule has 1 fully saturated rings. The second kappa shape index (κ2) is 11.8. The number of hydrogen-bond donors (Lipinski definition) is 1. The first-order valence-electron chi connectivity index (χ1n) is 13.5. The lowest BCUT2D eigenvalue weighted by Gasteiger charge is -2.38. The molecule has 0 radical (unpaired) electrons. The van der Waals surface area contributed by atoms with Gasteiger partial charge in [-0.3, -0.25) is 9.69 Å². The van der Waals surface area contributed by atoms with Crippen molar-refractivity contribution in [3.63, 3.8) is 0 Å². The van der Waals surface area contributed by atoms with E-state index in [1.54, 1.807) is 0 Å². The molecule has 0 aliphatic carbocycles. The normalized spacial score (nSPS) is 20.1. The van der Waals surface area contributed by atoms with Crippen LogP contribution in [0.4, 0.5) is 0 Å². The Balaban J connectivity index is 1.40. The van der Waals surface area contributed by atoms with Crippen LogP contribution in [0.3, 0.4) is 0 Å². The summed E-state index contributed by atoms with van der Waals surface area (Å²) in [6.45, 7) is 11.0. The summed E-state index contributed by atoms with van der Waals surface area (Å²) in [4.78, 5) is 20.0. The van der Waals surface area contributed by atoms with Gasteiger partial charge in [-0.05, 0) is 79.9 Å². The topological polar surface area (TPSA) is 62.1 Å². The number of carboxylic acids is 1. The molecule has 4 rings (SSSR count). The van der Waals surface area contributed by atoms with E-state index >= 15 is 0 Å². The van der Waals surface area contributed by atoms with Gasteiger partial charge in [0, 0.05) is 23.0 Å². The molecule has 1 N–H and O–H groups in total. The fourth-order valence-electron chi connectivity index (χ4n) is 5.33. The highest BCUT2D eigenvalue weighted by Crippen LogP contribution is 2.35. The first kappa shape index (κ1) is 27.4. The highest BCUT2D eigenvalue weighted by Gasteiger charge is 2.39. The number of nitrogens with zero attached hydrogens (tertiary/aromatic N) is 2. The molecule has 2 aromatic carbocycles. The first-order valence-corrected chi connectivity index (χ1v) is 13.9. The molecule has 1 unspecified atom stereocenters. The molecule has 5 nitrogen and oxygen atoms in total. The van der Waals surface area contributed by atoms with Gasteiger partial charge in [0.25, 0.3) is 0 Å². The molecule has 2 aromatic rings. The van der Waals surface area contributed by atoms with E-state index in [1.165, 1.54) is 5.56 Å². The van der Waals surface area contributed by atoms with E-state index < -0.39 is 11.4 Å². The quantitative estimate of drug-likeness (QED) is 0.392. The summed E-state index contributed by atoms with van der Waals surface area (Å²) in [5, 5.41) is 15.0. The van der Waals surface area contributed by atoms with Crippen LogP contribution in [0.15, 0.2) is 53.7 Å². The average molecular weight is 523 g/mol. The molecular weight excluding hydrogens is 484 g/mol. The summed E-state index contributed by atoms with van der Waals surface area (Å²) in [6.07, 6.45) is 6.01. The Kier molecular flexibility index (Phi) is 8.76. The largest absolute Gasteiger partial charge is 0.481 e. The molecule has 198 valence electrons. The fraction of sp³-hybridized carbons (Fsp3) is 0.484. The summed E-state index contributed by atoms with van der Waals surface area (Å²) in [6, 6.07) is 14.7. The van der Waals surface area contributed by atoms with E-state index in [9.17, 15) is 9.90 Å². The molecule has 0 amide bonds. The molecule has 6 heteroatoms. The number of allylic oxidation sites excluding steroid dienone is 1. The zero-order valence-electron chi connectivity index (χ0n) is 22.5. The molecule has 2 aliphatic rings. The summed E-state index contributed by atoms with van der Waals surface area (Å²) in [5.74, 6) is 0.863. The van der Waals surface area contributed by atoms with Crippen molar-refractivity contribution in [2.45, 2.75) is 66.3 Å². The Bertz CT molecular complexity index is 1160. The number of benzene rings is 2. The standard InChI is InChI=1S/C31H39ClN2O3/c1-5-31(30(35)36)14-16-34(17-15-31)20-23-7-9-24(10-8-23)29-22(4)6-13-28(37-33-29)26-12-11-25(18-21(2)3)27(32)19-26/h7-13,19,21-22H,5-6,14-18,20H2,1-4H3,(H,35,36). The zero-order valence-corrected chi connectivity index (χ0v) is 23.2. The number of likely N-dealkylation sites (tertiary alicyclic amines) is 1. The number of piperidine rings is 1. The average Bonchev–Trinajstić information content (AvgIpc) is 3.07. The lowest BCUT2D eigenvalue weighted by Crippen LogP contribution is -2.43. The third kappa shape index (κ3) is 6.45. The van der Waals surface area contributed by atoms with Crippen LogP contribution in [0.2, 0.25) is 5.02 Å². The lowest BCUT2D eigenvalue weighted by molar-refractivity contribution is -0.152. The summed E-state index contributed by atoms with van der Waals surface area (Å²) in [5.41, 5.74) is 4.77. The van der Waals surface area contributed by atoms with Gasteiger partial charge in [0.2, 0.25) is 0 Å². The fourth-order valence-corrected chi connectivity index (χ4v) is 5.59. The maximum Gasteiger partial charge on any atom is 0.309 e. The molecule has 0 saturated carbocycles. The minimum atomic E-state index is -0.650. The van der Waals surface area contributed by atoms with Gasteiger partial charge < -0.3 is 9.94 Å². The minimum absolute atomic E-state index is 0.222. The van der Waals surface area contributed by atoms with Crippen LogP contribution in [0.25, 0.3) is 5.76 Å². The Morgan fingerprint density at radius 3 is 2.43 bits per heavy atom. The minimum Gasteiger partial charge on any atom is -0.481 e. The van der Waals surface area contributed by atoms with Crippen molar-refractivity contribution in [1.82, 2.24) is 4.90 Å². The molecule has 2 heterocycles. The van der Waals surface area contributed by atoms with Crippen LogP contribution in [-0.2, 0) is 22.6 Å². The van der Waals surface area contributed by atoms with Crippen molar-refractivity contribution < 1.29 is 14.7 Å². The van der Waals surface area contributed by atoms with Gasteiger partial charge >= 0.3 is 5.97 Å². The number of rotatable bonds is 8. The monoisotopic (exact) mass is 522 g/mol. The lowest BCUT2D eigenvalue weighted by atomic mass is 9.76. The Labute approximate surface area is 226 Å². The van der Waals surface area contributed by atoms with Crippen molar-refractivity contribution in [2.75, 3.05) is 13.1 Å². The first-order chi connectivity index (χ1) is 17.7. The van der Waals surface area contributed by atoms with Crippen molar-refractivity contribution in [3.8, 4) is 0 Å². The van der Waals surface area contributed by atoms with Gasteiger partial charge in [-0.25, -0.2) is 0 Å². The smallest absolute Gasteiger partial charge is 0.309 e. The van der Waals surface area contributed by atoms with Crippen LogP contribution in [0.5, 0.6) is 0 Å². The maximum atomic E-state index is 11.7. The highest BCUT2D eigenvalue weighted by atomic mass is 35.5. The molecule has 0 spiro atoms. The molecule has 37 heavy (non-hydrogen) atoms. The number of aliphatic carboxylic acids is 1. The molecule has 0 bridgehead atoms. The van der Waals surface area contributed by atoms with Crippen LogP contribution in [-0.4, -0.2) is 34.8 Å². The van der Waals surface area contributed by atoms with Crippen LogP contribution < -0.4 is 0 Å². The number of halogens is 1. The molecule has 1 atom stereocenters. The predicted octanol–water partition coefficient (Wildman–Crippen LogP) is 7.42. The molecule has 1 saturated heterocycles. The van der Waals surface area contributed by atoms with Gasteiger partial charge in [0.05, 0.1) is 11.1 Å². The highest BCUT2D eigenvalue weighted by molar-refractivity contribution is 6.31.